The Morgan fingerprint density at radius 3 is 2.74 bits per heavy atom. The predicted octanol–water partition coefficient (Wildman–Crippen LogP) is 2.80. The Labute approximate surface area is 120 Å². The maximum absolute atomic E-state index is 11.8. The van der Waals surface area contributed by atoms with Gasteiger partial charge < -0.3 is 10.4 Å². The number of aliphatic hydroxyl groups is 1. The van der Waals surface area contributed by atoms with Crippen LogP contribution >= 0.6 is 11.6 Å². The minimum atomic E-state index is -0.0212. The molecule has 4 heteroatoms. The highest BCUT2D eigenvalue weighted by atomic mass is 35.5. The second-order valence-electron chi connectivity index (χ2n) is 4.74. The number of halogens is 1. The van der Waals surface area contributed by atoms with E-state index in [1.54, 1.807) is 6.07 Å². The van der Waals surface area contributed by atoms with Crippen LogP contribution in [0.2, 0.25) is 5.02 Å². The van der Waals surface area contributed by atoms with Gasteiger partial charge in [-0.3, -0.25) is 4.79 Å². The summed E-state index contributed by atoms with van der Waals surface area (Å²) in [7, 11) is 0. The molecule has 0 saturated carbocycles. The fraction of sp³-hybridized carbons (Fsp3) is 0.533. The number of amides is 1. The van der Waals surface area contributed by atoms with Gasteiger partial charge in [-0.05, 0) is 30.4 Å². The molecule has 1 amide bonds. The number of aliphatic hydroxyl groups excluding tert-OH is 1. The molecule has 0 fully saturated rings. The monoisotopic (exact) mass is 283 g/mol. The van der Waals surface area contributed by atoms with Gasteiger partial charge in [0.25, 0.3) is 0 Å². The van der Waals surface area contributed by atoms with Gasteiger partial charge in [-0.2, -0.15) is 0 Å². The summed E-state index contributed by atoms with van der Waals surface area (Å²) in [6.45, 7) is 2.90. The summed E-state index contributed by atoms with van der Waals surface area (Å²) in [6, 6.07) is 7.37. The van der Waals surface area contributed by atoms with E-state index in [9.17, 15) is 4.79 Å². The Morgan fingerprint density at radius 2 is 2.11 bits per heavy atom. The molecular formula is C15H22ClNO2. The van der Waals surface area contributed by atoms with Gasteiger partial charge in [0.05, 0.1) is 6.42 Å². The molecule has 0 aromatic heterocycles. The molecule has 0 heterocycles. The zero-order chi connectivity index (χ0) is 14.1. The van der Waals surface area contributed by atoms with E-state index in [2.05, 4.69) is 12.2 Å². The number of carbonyl (C=O) groups excluding carboxylic acids is 1. The van der Waals surface area contributed by atoms with E-state index in [-0.39, 0.29) is 12.5 Å². The number of hydrogen-bond acceptors (Lipinski definition) is 2. The molecule has 0 saturated heterocycles. The molecule has 1 atom stereocenters. The van der Waals surface area contributed by atoms with Crippen molar-refractivity contribution < 1.29 is 9.90 Å². The van der Waals surface area contributed by atoms with Crippen LogP contribution in [-0.2, 0) is 11.2 Å². The third-order valence-electron chi connectivity index (χ3n) is 3.13. The molecule has 0 aliphatic heterocycles. The summed E-state index contributed by atoms with van der Waals surface area (Å²) < 4.78 is 0. The molecule has 0 bridgehead atoms. The van der Waals surface area contributed by atoms with Crippen LogP contribution in [0.3, 0.4) is 0 Å². The van der Waals surface area contributed by atoms with Gasteiger partial charge in [0.2, 0.25) is 5.91 Å². The third-order valence-corrected chi connectivity index (χ3v) is 3.50. The summed E-state index contributed by atoms with van der Waals surface area (Å²) in [4.78, 5) is 11.8. The molecule has 19 heavy (non-hydrogen) atoms. The van der Waals surface area contributed by atoms with Crippen molar-refractivity contribution in [3.8, 4) is 0 Å². The maximum Gasteiger partial charge on any atom is 0.224 e. The molecule has 1 rings (SSSR count). The molecular weight excluding hydrogens is 262 g/mol. The van der Waals surface area contributed by atoms with E-state index < -0.39 is 0 Å². The largest absolute Gasteiger partial charge is 0.396 e. The Hall–Kier alpha value is -1.06. The first kappa shape index (κ1) is 16.0. The smallest absolute Gasteiger partial charge is 0.224 e. The van der Waals surface area contributed by atoms with Crippen LogP contribution in [0.1, 0.15) is 31.7 Å². The van der Waals surface area contributed by atoms with Crippen molar-refractivity contribution in [3.05, 3.63) is 34.9 Å². The van der Waals surface area contributed by atoms with Crippen LogP contribution in [0.15, 0.2) is 24.3 Å². The van der Waals surface area contributed by atoms with Crippen molar-refractivity contribution in [2.45, 2.75) is 32.6 Å². The number of rotatable bonds is 8. The Bertz CT molecular complexity index is 389. The second kappa shape index (κ2) is 8.94. The quantitative estimate of drug-likeness (QED) is 0.771. The summed E-state index contributed by atoms with van der Waals surface area (Å²) in [5, 5.41) is 12.5. The van der Waals surface area contributed by atoms with Crippen LogP contribution in [-0.4, -0.2) is 24.2 Å². The van der Waals surface area contributed by atoms with Crippen LogP contribution in [0, 0.1) is 5.92 Å². The molecule has 1 aromatic carbocycles. The number of hydrogen-bond donors (Lipinski definition) is 2. The molecule has 2 N–H and O–H groups in total. The first-order chi connectivity index (χ1) is 9.17. The van der Waals surface area contributed by atoms with E-state index >= 15 is 0 Å². The topological polar surface area (TPSA) is 49.3 Å². The van der Waals surface area contributed by atoms with E-state index in [0.717, 1.165) is 24.8 Å². The average Bonchev–Trinajstić information content (AvgIpc) is 2.39. The second-order valence-corrected chi connectivity index (χ2v) is 5.15. The van der Waals surface area contributed by atoms with Gasteiger partial charge in [0.1, 0.15) is 0 Å². The Morgan fingerprint density at radius 1 is 1.37 bits per heavy atom. The third kappa shape index (κ3) is 6.08. The minimum absolute atomic E-state index is 0.0212. The molecule has 1 aromatic rings. The highest BCUT2D eigenvalue weighted by molar-refractivity contribution is 6.31. The van der Waals surface area contributed by atoms with Gasteiger partial charge in [-0.1, -0.05) is 43.1 Å². The van der Waals surface area contributed by atoms with Crippen LogP contribution in [0.5, 0.6) is 0 Å². The normalized spacial score (nSPS) is 12.2. The summed E-state index contributed by atoms with van der Waals surface area (Å²) in [6.07, 6.45) is 3.12. The van der Waals surface area contributed by atoms with Crippen molar-refractivity contribution in [1.82, 2.24) is 5.32 Å². The van der Waals surface area contributed by atoms with Crippen molar-refractivity contribution in [1.29, 1.82) is 0 Å². The lowest BCUT2D eigenvalue weighted by Gasteiger charge is -2.15. The Kier molecular flexibility index (Phi) is 7.53. The van der Waals surface area contributed by atoms with Gasteiger partial charge >= 0.3 is 0 Å². The van der Waals surface area contributed by atoms with Gasteiger partial charge in [0.15, 0.2) is 0 Å². The molecule has 1 unspecified atom stereocenters. The highest BCUT2D eigenvalue weighted by Crippen LogP contribution is 2.15. The fourth-order valence-corrected chi connectivity index (χ4v) is 2.28. The molecule has 0 aliphatic carbocycles. The molecule has 0 spiro atoms. The Balaban J connectivity index is 2.40. The number of benzene rings is 1. The number of nitrogens with one attached hydrogen (secondary N) is 1. The zero-order valence-electron chi connectivity index (χ0n) is 11.4. The van der Waals surface area contributed by atoms with E-state index in [1.165, 1.54) is 0 Å². The lowest BCUT2D eigenvalue weighted by atomic mass is 10.00. The fourth-order valence-electron chi connectivity index (χ4n) is 2.07. The minimum Gasteiger partial charge on any atom is -0.396 e. The van der Waals surface area contributed by atoms with E-state index in [4.69, 9.17) is 16.7 Å². The molecule has 3 nitrogen and oxygen atoms in total. The van der Waals surface area contributed by atoms with Crippen LogP contribution in [0.25, 0.3) is 0 Å². The summed E-state index contributed by atoms with van der Waals surface area (Å²) in [5.41, 5.74) is 0.843. The SMILES string of the molecule is CCCC(CCO)CNC(=O)Cc1ccccc1Cl. The van der Waals surface area contributed by atoms with Crippen molar-refractivity contribution in [3.63, 3.8) is 0 Å². The summed E-state index contributed by atoms with van der Waals surface area (Å²) >= 11 is 6.02. The van der Waals surface area contributed by atoms with Gasteiger partial charge in [0, 0.05) is 18.2 Å². The zero-order valence-corrected chi connectivity index (χ0v) is 12.1. The first-order valence-corrected chi connectivity index (χ1v) is 7.16. The number of carbonyl (C=O) groups is 1. The molecule has 0 aliphatic rings. The van der Waals surface area contributed by atoms with Gasteiger partial charge in [-0.25, -0.2) is 0 Å². The van der Waals surface area contributed by atoms with E-state index in [0.29, 0.717) is 23.9 Å². The first-order valence-electron chi connectivity index (χ1n) is 6.78. The van der Waals surface area contributed by atoms with Crippen molar-refractivity contribution >= 4 is 17.5 Å². The lowest BCUT2D eigenvalue weighted by Crippen LogP contribution is -2.31. The van der Waals surface area contributed by atoms with Gasteiger partial charge in [-0.15, -0.1) is 0 Å². The maximum atomic E-state index is 11.8. The van der Waals surface area contributed by atoms with Crippen LogP contribution < -0.4 is 5.32 Å². The van der Waals surface area contributed by atoms with Crippen molar-refractivity contribution in [2.75, 3.05) is 13.2 Å². The van der Waals surface area contributed by atoms with E-state index in [1.807, 2.05) is 18.2 Å². The van der Waals surface area contributed by atoms with Crippen molar-refractivity contribution in [2.24, 2.45) is 5.92 Å². The lowest BCUT2D eigenvalue weighted by molar-refractivity contribution is -0.120. The molecule has 106 valence electrons. The molecule has 0 radical (unpaired) electrons. The van der Waals surface area contributed by atoms with Crippen LogP contribution in [0.4, 0.5) is 0 Å². The summed E-state index contributed by atoms with van der Waals surface area (Å²) in [5.74, 6) is 0.331. The average molecular weight is 284 g/mol. The predicted molar refractivity (Wildman–Crippen MR) is 78.3 cm³/mol. The highest BCUT2D eigenvalue weighted by Gasteiger charge is 2.10. The standard InChI is InChI=1S/C15H22ClNO2/c1-2-5-12(8-9-18)11-17-15(19)10-13-6-3-4-7-14(13)16/h3-4,6-7,12,18H,2,5,8-11H2,1H3,(H,17,19).